The lowest BCUT2D eigenvalue weighted by Gasteiger charge is -2.13. The highest BCUT2D eigenvalue weighted by atomic mass is 19.4. The second-order valence-electron chi connectivity index (χ2n) is 7.63. The lowest BCUT2D eigenvalue weighted by Crippen LogP contribution is -2.25. The average molecular weight is 488 g/mol. The van der Waals surface area contributed by atoms with Crippen molar-refractivity contribution in [2.24, 2.45) is 15.2 Å². The molecule has 2 heterocycles. The summed E-state index contributed by atoms with van der Waals surface area (Å²) < 4.78 is 55.2. The highest BCUT2D eigenvalue weighted by molar-refractivity contribution is 5.95. The SMILES string of the molecule is C[N+]1=C(CNc2cccc(C(=O)NCc3ccccc3C(F)(F)F)c2)N=N/C1=C1\[CH]C=NC=C1F.[HH].[HH]. The highest BCUT2D eigenvalue weighted by Crippen LogP contribution is 2.31. The number of nitrogens with one attached hydrogen (secondary N) is 2. The number of amidine groups is 1. The molecule has 2 aromatic rings. The summed E-state index contributed by atoms with van der Waals surface area (Å²) >= 11 is 0. The van der Waals surface area contributed by atoms with Crippen molar-refractivity contribution in [3.8, 4) is 0 Å². The molecule has 4 rings (SSSR count). The number of halogens is 4. The molecule has 1 radical (unpaired) electrons. The van der Waals surface area contributed by atoms with E-state index in [1.807, 2.05) is 0 Å². The Hall–Kier alpha value is -4.15. The largest absolute Gasteiger partial charge is 0.416 e. The van der Waals surface area contributed by atoms with Gasteiger partial charge in [0, 0.05) is 33.3 Å². The molecular weight excluding hydrogens is 464 g/mol. The number of hydrogen-bond acceptors (Lipinski definition) is 5. The maximum Gasteiger partial charge on any atom is 0.416 e. The molecule has 2 aliphatic rings. The predicted octanol–water partition coefficient (Wildman–Crippen LogP) is 5.36. The first-order valence-electron chi connectivity index (χ1n) is 10.5. The molecule has 0 saturated heterocycles. The standard InChI is InChI=1S/C24H19F4N6O.2H2/c1-34-21(32-33-22(34)18-9-10-29-13-20(18)25)14-30-17-7-4-6-15(11-17)23(35)31-12-16-5-2-3-8-19(16)24(26,27)28;;/h2-11,13,30H,12,14H2,1H3;2*1H/p+1. The van der Waals surface area contributed by atoms with Crippen molar-refractivity contribution in [1.29, 1.82) is 0 Å². The third kappa shape index (κ3) is 5.51. The molecule has 0 spiro atoms. The normalized spacial score (nSPS) is 17.6. The summed E-state index contributed by atoms with van der Waals surface area (Å²) in [6.07, 6.45) is -0.441. The molecule has 11 heteroatoms. The third-order valence-corrected chi connectivity index (χ3v) is 5.32. The molecule has 183 valence electrons. The fourth-order valence-electron chi connectivity index (χ4n) is 3.49. The summed E-state index contributed by atoms with van der Waals surface area (Å²) in [7, 11) is 1.70. The van der Waals surface area contributed by atoms with Gasteiger partial charge >= 0.3 is 17.8 Å². The van der Waals surface area contributed by atoms with Crippen LogP contribution in [0.3, 0.4) is 0 Å². The Labute approximate surface area is 201 Å². The number of rotatable bonds is 6. The van der Waals surface area contributed by atoms with Crippen molar-refractivity contribution in [1.82, 2.24) is 5.32 Å². The average Bonchev–Trinajstić information content (AvgIpc) is 3.21. The number of carbonyl (C=O) groups is 1. The van der Waals surface area contributed by atoms with Crippen LogP contribution in [0.5, 0.6) is 0 Å². The minimum atomic E-state index is -4.51. The summed E-state index contributed by atoms with van der Waals surface area (Å²) in [4.78, 5) is 16.3. The van der Waals surface area contributed by atoms with Crippen LogP contribution in [-0.2, 0) is 12.7 Å². The number of carbonyl (C=O) groups excluding carboxylic acids is 1. The van der Waals surface area contributed by atoms with E-state index in [1.54, 1.807) is 35.9 Å². The molecule has 1 amide bonds. The lowest BCUT2D eigenvalue weighted by molar-refractivity contribution is -0.441. The Balaban J connectivity index is 0.00000241. The summed E-state index contributed by atoms with van der Waals surface area (Å²) in [6.45, 7) is -0.0281. The van der Waals surface area contributed by atoms with E-state index in [9.17, 15) is 22.4 Å². The zero-order valence-electron chi connectivity index (χ0n) is 18.5. The Kier molecular flexibility index (Phi) is 6.85. The van der Waals surface area contributed by atoms with E-state index in [0.717, 1.165) is 12.3 Å². The van der Waals surface area contributed by atoms with Gasteiger partial charge in [-0.25, -0.2) is 8.97 Å². The number of amides is 1. The first kappa shape index (κ1) is 24.0. The van der Waals surface area contributed by atoms with E-state index in [2.05, 4.69) is 25.9 Å². The maximum atomic E-state index is 14.0. The number of azo groups is 1. The van der Waals surface area contributed by atoms with E-state index in [1.165, 1.54) is 30.8 Å². The van der Waals surface area contributed by atoms with Crippen LogP contribution < -0.4 is 10.6 Å². The number of alkyl halides is 3. The van der Waals surface area contributed by atoms with Crippen molar-refractivity contribution in [3.05, 3.63) is 95.1 Å². The molecule has 0 aliphatic carbocycles. The minimum absolute atomic E-state index is 0. The second-order valence-corrected chi connectivity index (χ2v) is 7.63. The van der Waals surface area contributed by atoms with E-state index in [-0.39, 0.29) is 32.6 Å². The maximum absolute atomic E-state index is 14.0. The first-order valence-corrected chi connectivity index (χ1v) is 10.5. The van der Waals surface area contributed by atoms with Crippen molar-refractivity contribution in [2.75, 3.05) is 18.9 Å². The van der Waals surface area contributed by atoms with Crippen molar-refractivity contribution < 1.29 is 29.8 Å². The molecule has 0 fully saturated rings. The van der Waals surface area contributed by atoms with Gasteiger partial charge in [0.25, 0.3) is 5.91 Å². The van der Waals surface area contributed by atoms with Gasteiger partial charge in [-0.3, -0.25) is 9.79 Å². The predicted molar refractivity (Wildman–Crippen MR) is 127 cm³/mol. The van der Waals surface area contributed by atoms with Crippen molar-refractivity contribution in [3.63, 3.8) is 0 Å². The topological polar surface area (TPSA) is 81.2 Å². The fourth-order valence-corrected chi connectivity index (χ4v) is 3.49. The number of aliphatic imine (C=N–C) groups is 1. The van der Waals surface area contributed by atoms with E-state index < -0.39 is 23.5 Å². The minimum Gasteiger partial charge on any atom is -0.375 e. The zero-order chi connectivity index (χ0) is 25.0. The molecule has 0 unspecified atom stereocenters. The van der Waals surface area contributed by atoms with Crippen LogP contribution in [0.15, 0.2) is 87.2 Å². The molecule has 0 bridgehead atoms. The molecule has 0 atom stereocenters. The molecule has 2 aromatic carbocycles. The summed E-state index contributed by atoms with van der Waals surface area (Å²) in [6, 6.07) is 11.6. The van der Waals surface area contributed by atoms with Gasteiger partial charge in [-0.1, -0.05) is 24.3 Å². The number of allylic oxidation sites excluding steroid dienone is 2. The van der Waals surface area contributed by atoms with E-state index in [0.29, 0.717) is 17.3 Å². The molecule has 35 heavy (non-hydrogen) atoms. The molecular formula is C24H24F4N6O+. The van der Waals surface area contributed by atoms with Crippen LogP contribution in [0.25, 0.3) is 0 Å². The Morgan fingerprint density at radius 2 is 1.89 bits per heavy atom. The highest BCUT2D eigenvalue weighted by Gasteiger charge is 2.33. The van der Waals surface area contributed by atoms with Crippen LogP contribution in [0, 0.1) is 6.42 Å². The molecule has 2 aliphatic heterocycles. The number of anilines is 1. The smallest absolute Gasteiger partial charge is 0.375 e. The van der Waals surface area contributed by atoms with Crippen LogP contribution in [0.2, 0.25) is 0 Å². The van der Waals surface area contributed by atoms with Gasteiger partial charge in [0.1, 0.15) is 6.54 Å². The molecule has 0 saturated carbocycles. The molecule has 7 nitrogen and oxygen atoms in total. The van der Waals surface area contributed by atoms with E-state index >= 15 is 0 Å². The van der Waals surface area contributed by atoms with Crippen molar-refractivity contribution >= 4 is 23.6 Å². The fraction of sp³-hybridized carbons (Fsp3) is 0.167. The van der Waals surface area contributed by atoms with Crippen LogP contribution in [-0.4, -0.2) is 36.1 Å². The van der Waals surface area contributed by atoms with Gasteiger partial charge in [0.05, 0.1) is 34.6 Å². The zero-order valence-corrected chi connectivity index (χ0v) is 18.5. The summed E-state index contributed by atoms with van der Waals surface area (Å²) in [5, 5.41) is 13.8. The number of benzene rings is 2. The van der Waals surface area contributed by atoms with Gasteiger partial charge in [-0.05, 0) is 29.8 Å². The number of nitrogens with zero attached hydrogens (tertiary/aromatic N) is 4. The van der Waals surface area contributed by atoms with Gasteiger partial charge in [0.15, 0.2) is 5.83 Å². The third-order valence-electron chi connectivity index (χ3n) is 5.32. The van der Waals surface area contributed by atoms with Gasteiger partial charge in [-0.2, -0.15) is 13.2 Å². The second kappa shape index (κ2) is 10.00. The summed E-state index contributed by atoms with van der Waals surface area (Å²) in [5.41, 5.74) is 0.328. The van der Waals surface area contributed by atoms with Crippen LogP contribution in [0.4, 0.5) is 23.2 Å². The monoisotopic (exact) mass is 488 g/mol. The Bertz CT molecular complexity index is 1320. The van der Waals surface area contributed by atoms with Crippen LogP contribution in [0.1, 0.15) is 24.3 Å². The first-order chi connectivity index (χ1) is 16.7. The van der Waals surface area contributed by atoms with E-state index in [4.69, 9.17) is 0 Å². The van der Waals surface area contributed by atoms with Gasteiger partial charge in [-0.15, -0.1) is 0 Å². The van der Waals surface area contributed by atoms with Gasteiger partial charge in [0.2, 0.25) is 0 Å². The number of hydrogen-bond donors (Lipinski definition) is 2. The van der Waals surface area contributed by atoms with Crippen molar-refractivity contribution in [2.45, 2.75) is 12.7 Å². The molecule has 0 aromatic heterocycles. The molecule has 2 N–H and O–H groups in total. The summed E-state index contributed by atoms with van der Waals surface area (Å²) in [5.74, 6) is -0.164. The van der Waals surface area contributed by atoms with Gasteiger partial charge < -0.3 is 10.6 Å². The van der Waals surface area contributed by atoms with Crippen LogP contribution >= 0.6 is 0 Å². The quantitative estimate of drug-likeness (QED) is 0.424. The Morgan fingerprint density at radius 3 is 2.66 bits per heavy atom. The lowest BCUT2D eigenvalue weighted by atomic mass is 10.1. The Morgan fingerprint density at radius 1 is 1.09 bits per heavy atom.